The van der Waals surface area contributed by atoms with E-state index in [4.69, 9.17) is 0 Å². The lowest BCUT2D eigenvalue weighted by molar-refractivity contribution is 0.178. The summed E-state index contributed by atoms with van der Waals surface area (Å²) in [6, 6.07) is 21.1. The molecule has 0 spiro atoms. The summed E-state index contributed by atoms with van der Waals surface area (Å²) in [5.74, 6) is 0. The van der Waals surface area contributed by atoms with Gasteiger partial charge in [0, 0.05) is 24.0 Å². The molecule has 1 unspecified atom stereocenters. The molecule has 26 heavy (non-hydrogen) atoms. The Balaban J connectivity index is 1.92. The highest BCUT2D eigenvalue weighted by molar-refractivity contribution is 5.81. The van der Waals surface area contributed by atoms with Crippen LogP contribution in [0.25, 0.3) is 5.57 Å². The summed E-state index contributed by atoms with van der Waals surface area (Å²) in [5, 5.41) is 0. The second kappa shape index (κ2) is 7.80. The van der Waals surface area contributed by atoms with E-state index < -0.39 is 0 Å². The van der Waals surface area contributed by atoms with Gasteiger partial charge in [-0.2, -0.15) is 0 Å². The van der Waals surface area contributed by atoms with Crippen LogP contribution in [0.5, 0.6) is 0 Å². The first kappa shape index (κ1) is 18.9. The van der Waals surface area contributed by atoms with Crippen molar-refractivity contribution in [3.63, 3.8) is 0 Å². The Labute approximate surface area is 159 Å². The second-order valence-corrected chi connectivity index (χ2v) is 8.36. The summed E-state index contributed by atoms with van der Waals surface area (Å²) in [5.41, 5.74) is 5.93. The minimum Gasteiger partial charge on any atom is -0.298 e. The Kier molecular flexibility index (Phi) is 5.67. The van der Waals surface area contributed by atoms with Gasteiger partial charge in [-0.15, -0.1) is 0 Å². The number of rotatable bonds is 6. The molecule has 0 aromatic heterocycles. The molecule has 138 valence electrons. The van der Waals surface area contributed by atoms with Crippen LogP contribution in [-0.2, 0) is 11.8 Å². The SMILES string of the molecule is CC(C)N(CCC=C1c2ccccc2CC1(C)c1ccccc1)C(C)C. The molecule has 1 atom stereocenters. The molecule has 1 aliphatic rings. The molecule has 0 saturated heterocycles. The van der Waals surface area contributed by atoms with E-state index in [9.17, 15) is 0 Å². The van der Waals surface area contributed by atoms with E-state index in [-0.39, 0.29) is 5.41 Å². The van der Waals surface area contributed by atoms with E-state index in [0.717, 1.165) is 19.4 Å². The van der Waals surface area contributed by atoms with Gasteiger partial charge in [0.25, 0.3) is 0 Å². The van der Waals surface area contributed by atoms with Gasteiger partial charge in [-0.05, 0) is 62.8 Å². The number of fused-ring (bicyclic) bond motifs is 1. The van der Waals surface area contributed by atoms with E-state index in [1.807, 2.05) is 0 Å². The van der Waals surface area contributed by atoms with Crippen molar-refractivity contribution in [3.05, 3.63) is 77.4 Å². The van der Waals surface area contributed by atoms with Gasteiger partial charge in [-0.25, -0.2) is 0 Å². The molecule has 1 heteroatoms. The Morgan fingerprint density at radius 1 is 0.923 bits per heavy atom. The normalized spacial score (nSPS) is 21.2. The minimum atomic E-state index is 0.0748. The van der Waals surface area contributed by atoms with E-state index in [2.05, 4.69) is 100 Å². The first-order valence-corrected chi connectivity index (χ1v) is 10.0. The Morgan fingerprint density at radius 3 is 2.19 bits per heavy atom. The maximum atomic E-state index is 2.58. The fourth-order valence-corrected chi connectivity index (χ4v) is 4.58. The van der Waals surface area contributed by atoms with Crippen molar-refractivity contribution in [2.75, 3.05) is 6.54 Å². The van der Waals surface area contributed by atoms with Gasteiger partial charge in [0.15, 0.2) is 0 Å². The fraction of sp³-hybridized carbons (Fsp3) is 0.440. The van der Waals surface area contributed by atoms with Gasteiger partial charge in [0.1, 0.15) is 0 Å². The smallest absolute Gasteiger partial charge is 0.0218 e. The molecular formula is C25H33N. The summed E-state index contributed by atoms with van der Waals surface area (Å²) in [6.07, 6.45) is 4.70. The summed E-state index contributed by atoms with van der Waals surface area (Å²) in [6.45, 7) is 12.7. The predicted octanol–water partition coefficient (Wildman–Crippen LogP) is 6.09. The third kappa shape index (κ3) is 3.64. The number of allylic oxidation sites excluding steroid dienone is 1. The molecule has 1 nitrogen and oxygen atoms in total. The number of benzene rings is 2. The summed E-state index contributed by atoms with van der Waals surface area (Å²) < 4.78 is 0. The Morgan fingerprint density at radius 2 is 1.54 bits per heavy atom. The van der Waals surface area contributed by atoms with Crippen LogP contribution in [0.4, 0.5) is 0 Å². The van der Waals surface area contributed by atoms with Gasteiger partial charge in [-0.3, -0.25) is 4.90 Å². The molecule has 0 bridgehead atoms. The number of nitrogens with zero attached hydrogens (tertiary/aromatic N) is 1. The van der Waals surface area contributed by atoms with Crippen LogP contribution in [-0.4, -0.2) is 23.5 Å². The standard InChI is InChI=1S/C25H33N/c1-19(2)26(20(3)4)17-11-16-24-23-15-10-9-12-21(23)18-25(24,5)22-13-7-6-8-14-22/h6-10,12-16,19-20H,11,17-18H2,1-5H3. The summed E-state index contributed by atoms with van der Waals surface area (Å²) in [4.78, 5) is 2.58. The molecule has 0 aliphatic heterocycles. The van der Waals surface area contributed by atoms with Crippen LogP contribution in [0.3, 0.4) is 0 Å². The average molecular weight is 348 g/mol. The molecule has 0 N–H and O–H groups in total. The minimum absolute atomic E-state index is 0.0748. The van der Waals surface area contributed by atoms with Gasteiger partial charge in [0.05, 0.1) is 0 Å². The molecular weight excluding hydrogens is 314 g/mol. The first-order chi connectivity index (χ1) is 12.4. The van der Waals surface area contributed by atoms with Crippen LogP contribution in [0.1, 0.15) is 57.7 Å². The Hall–Kier alpha value is -1.86. The monoisotopic (exact) mass is 347 g/mol. The molecule has 0 radical (unpaired) electrons. The van der Waals surface area contributed by atoms with E-state index in [1.54, 1.807) is 0 Å². The highest BCUT2D eigenvalue weighted by Gasteiger charge is 2.38. The molecule has 0 saturated carbocycles. The van der Waals surface area contributed by atoms with Crippen molar-refractivity contribution >= 4 is 5.57 Å². The molecule has 0 heterocycles. The van der Waals surface area contributed by atoms with E-state index in [1.165, 1.54) is 22.3 Å². The maximum Gasteiger partial charge on any atom is 0.0218 e. The van der Waals surface area contributed by atoms with Crippen molar-refractivity contribution in [1.29, 1.82) is 0 Å². The quantitative estimate of drug-likeness (QED) is 0.611. The maximum absolute atomic E-state index is 2.58. The van der Waals surface area contributed by atoms with Crippen LogP contribution in [0, 0.1) is 0 Å². The zero-order chi connectivity index (χ0) is 18.7. The zero-order valence-corrected chi connectivity index (χ0v) is 17.0. The Bertz CT molecular complexity index is 749. The molecule has 1 aliphatic carbocycles. The largest absolute Gasteiger partial charge is 0.298 e. The zero-order valence-electron chi connectivity index (χ0n) is 17.0. The van der Waals surface area contributed by atoms with Crippen molar-refractivity contribution in [3.8, 4) is 0 Å². The van der Waals surface area contributed by atoms with Crippen molar-refractivity contribution in [2.24, 2.45) is 0 Å². The predicted molar refractivity (Wildman–Crippen MR) is 114 cm³/mol. The lowest BCUT2D eigenvalue weighted by Crippen LogP contribution is -2.37. The average Bonchev–Trinajstić information content (AvgIpc) is 2.91. The summed E-state index contributed by atoms with van der Waals surface area (Å²) in [7, 11) is 0. The van der Waals surface area contributed by atoms with Crippen LogP contribution < -0.4 is 0 Å². The first-order valence-electron chi connectivity index (χ1n) is 10.0. The highest BCUT2D eigenvalue weighted by atomic mass is 15.2. The van der Waals surface area contributed by atoms with Crippen LogP contribution in [0.2, 0.25) is 0 Å². The topological polar surface area (TPSA) is 3.24 Å². The third-order valence-electron chi connectivity index (χ3n) is 5.92. The van der Waals surface area contributed by atoms with Gasteiger partial charge < -0.3 is 0 Å². The van der Waals surface area contributed by atoms with Gasteiger partial charge >= 0.3 is 0 Å². The van der Waals surface area contributed by atoms with Crippen LogP contribution in [0.15, 0.2) is 60.7 Å². The second-order valence-electron chi connectivity index (χ2n) is 8.36. The molecule has 2 aromatic rings. The number of hydrogen-bond donors (Lipinski definition) is 0. The van der Waals surface area contributed by atoms with Crippen molar-refractivity contribution < 1.29 is 0 Å². The van der Waals surface area contributed by atoms with Gasteiger partial charge in [0.2, 0.25) is 0 Å². The molecule has 3 rings (SSSR count). The molecule has 2 aromatic carbocycles. The van der Waals surface area contributed by atoms with Crippen molar-refractivity contribution in [1.82, 2.24) is 4.90 Å². The molecule has 0 amide bonds. The van der Waals surface area contributed by atoms with Crippen LogP contribution >= 0.6 is 0 Å². The lowest BCUT2D eigenvalue weighted by Gasteiger charge is -2.31. The fourth-order valence-electron chi connectivity index (χ4n) is 4.58. The van der Waals surface area contributed by atoms with Crippen molar-refractivity contribution in [2.45, 2.75) is 65.0 Å². The highest BCUT2D eigenvalue weighted by Crippen LogP contribution is 2.48. The lowest BCUT2D eigenvalue weighted by atomic mass is 9.76. The summed E-state index contributed by atoms with van der Waals surface area (Å²) >= 11 is 0. The van der Waals surface area contributed by atoms with Gasteiger partial charge in [-0.1, -0.05) is 67.6 Å². The van der Waals surface area contributed by atoms with E-state index in [0.29, 0.717) is 12.1 Å². The molecule has 0 fully saturated rings. The number of hydrogen-bond acceptors (Lipinski definition) is 1. The van der Waals surface area contributed by atoms with E-state index >= 15 is 0 Å². The third-order valence-corrected chi connectivity index (χ3v) is 5.92.